The Morgan fingerprint density at radius 3 is 2.65 bits per heavy atom. The largest absolute Gasteiger partial charge is 0.461 e. The summed E-state index contributed by atoms with van der Waals surface area (Å²) < 4.78 is 6.87. The molecule has 0 unspecified atom stereocenters. The first kappa shape index (κ1) is 14.8. The number of carbonyl (C=O) groups excluding carboxylic acids is 1. The Balaban J connectivity index is 2.02. The maximum absolute atomic E-state index is 11.7. The number of rotatable bonds is 5. The van der Waals surface area contributed by atoms with E-state index in [0.29, 0.717) is 12.4 Å². The van der Waals surface area contributed by atoms with E-state index in [9.17, 15) is 4.79 Å². The van der Waals surface area contributed by atoms with Crippen LogP contribution in [-0.4, -0.2) is 46.7 Å². The van der Waals surface area contributed by atoms with Crippen molar-refractivity contribution >= 4 is 11.8 Å². The van der Waals surface area contributed by atoms with Gasteiger partial charge in [0.25, 0.3) is 0 Å². The summed E-state index contributed by atoms with van der Waals surface area (Å²) in [6.45, 7) is 7.99. The third-order valence-corrected chi connectivity index (χ3v) is 3.75. The Hall–Kier alpha value is -1.56. The van der Waals surface area contributed by atoms with Crippen molar-refractivity contribution in [2.75, 3.05) is 32.0 Å². The predicted octanol–water partition coefficient (Wildman–Crippen LogP) is 1.44. The molecule has 1 aromatic heterocycles. The number of nitrogens with zero attached hydrogens (tertiary/aromatic N) is 3. The highest BCUT2D eigenvalue weighted by Gasteiger charge is 2.20. The van der Waals surface area contributed by atoms with Crippen LogP contribution in [0.1, 0.15) is 42.5 Å². The van der Waals surface area contributed by atoms with Crippen LogP contribution in [-0.2, 0) is 11.3 Å². The molecule has 0 bridgehead atoms. The molecule has 112 valence electrons. The molecule has 0 spiro atoms. The topological polar surface area (TPSA) is 73.4 Å². The summed E-state index contributed by atoms with van der Waals surface area (Å²) in [4.78, 5) is 18.4. The van der Waals surface area contributed by atoms with E-state index < -0.39 is 5.97 Å². The highest BCUT2D eigenvalue weighted by atomic mass is 16.5. The standard InChI is InChI=1S/C14H24N4O2/c1-3-20-14(19)12-13(15)18(11(2)16-12)10-9-17-7-5-4-6-8-17/h3-10,15H2,1-2H3. The van der Waals surface area contributed by atoms with Crippen LogP contribution in [0.5, 0.6) is 0 Å². The number of likely N-dealkylation sites (tertiary alicyclic amines) is 1. The quantitative estimate of drug-likeness (QED) is 0.826. The molecule has 6 nitrogen and oxygen atoms in total. The van der Waals surface area contributed by atoms with Gasteiger partial charge in [-0.2, -0.15) is 0 Å². The molecule has 0 aromatic carbocycles. The maximum Gasteiger partial charge on any atom is 0.360 e. The number of nitrogen functional groups attached to an aromatic ring is 1. The van der Waals surface area contributed by atoms with Gasteiger partial charge in [0, 0.05) is 13.1 Å². The molecule has 20 heavy (non-hydrogen) atoms. The number of aromatic nitrogens is 2. The van der Waals surface area contributed by atoms with Gasteiger partial charge in [-0.15, -0.1) is 0 Å². The fraction of sp³-hybridized carbons (Fsp3) is 0.714. The average molecular weight is 280 g/mol. The summed E-state index contributed by atoms with van der Waals surface area (Å²) in [7, 11) is 0. The van der Waals surface area contributed by atoms with Gasteiger partial charge in [-0.05, 0) is 39.8 Å². The third kappa shape index (κ3) is 3.30. The van der Waals surface area contributed by atoms with E-state index >= 15 is 0 Å². The first-order valence-corrected chi connectivity index (χ1v) is 7.35. The molecule has 2 rings (SSSR count). The van der Waals surface area contributed by atoms with Gasteiger partial charge in [-0.25, -0.2) is 9.78 Å². The van der Waals surface area contributed by atoms with Crippen LogP contribution in [0, 0.1) is 6.92 Å². The van der Waals surface area contributed by atoms with Crippen molar-refractivity contribution in [1.29, 1.82) is 0 Å². The van der Waals surface area contributed by atoms with Crippen LogP contribution < -0.4 is 5.73 Å². The molecule has 0 aliphatic carbocycles. The first-order chi connectivity index (χ1) is 9.63. The Morgan fingerprint density at radius 1 is 1.30 bits per heavy atom. The Morgan fingerprint density at radius 2 is 2.00 bits per heavy atom. The molecule has 2 heterocycles. The normalized spacial score (nSPS) is 16.3. The van der Waals surface area contributed by atoms with E-state index in [-0.39, 0.29) is 5.69 Å². The average Bonchev–Trinajstić information content (AvgIpc) is 2.73. The van der Waals surface area contributed by atoms with E-state index in [4.69, 9.17) is 10.5 Å². The lowest BCUT2D eigenvalue weighted by atomic mass is 10.1. The Kier molecular flexibility index (Phi) is 5.00. The van der Waals surface area contributed by atoms with Gasteiger partial charge in [0.05, 0.1) is 6.61 Å². The molecule has 1 aliphatic heterocycles. The zero-order valence-corrected chi connectivity index (χ0v) is 12.4. The van der Waals surface area contributed by atoms with Crippen LogP contribution >= 0.6 is 0 Å². The SMILES string of the molecule is CCOC(=O)c1nc(C)n(CCN2CCCCC2)c1N. The van der Waals surface area contributed by atoms with Gasteiger partial charge in [0.15, 0.2) is 5.69 Å². The molecule has 0 radical (unpaired) electrons. The highest BCUT2D eigenvalue weighted by molar-refractivity contribution is 5.92. The minimum atomic E-state index is -0.440. The molecular weight excluding hydrogens is 256 g/mol. The second kappa shape index (κ2) is 6.74. The zero-order chi connectivity index (χ0) is 14.5. The minimum Gasteiger partial charge on any atom is -0.461 e. The van der Waals surface area contributed by atoms with Crippen LogP contribution in [0.25, 0.3) is 0 Å². The van der Waals surface area contributed by atoms with Crippen LogP contribution in [0.4, 0.5) is 5.82 Å². The van der Waals surface area contributed by atoms with Crippen molar-refractivity contribution in [3.8, 4) is 0 Å². The fourth-order valence-electron chi connectivity index (χ4n) is 2.64. The number of ether oxygens (including phenoxy) is 1. The fourth-order valence-corrected chi connectivity index (χ4v) is 2.64. The molecule has 0 atom stereocenters. The number of esters is 1. The second-order valence-electron chi connectivity index (χ2n) is 5.17. The van der Waals surface area contributed by atoms with E-state index in [1.807, 2.05) is 11.5 Å². The van der Waals surface area contributed by atoms with Crippen molar-refractivity contribution in [2.24, 2.45) is 0 Å². The first-order valence-electron chi connectivity index (χ1n) is 7.35. The minimum absolute atomic E-state index is 0.239. The Labute approximate surface area is 119 Å². The number of hydrogen-bond donors (Lipinski definition) is 1. The number of nitrogens with two attached hydrogens (primary N) is 1. The molecule has 1 saturated heterocycles. The molecule has 1 aromatic rings. The number of piperidine rings is 1. The predicted molar refractivity (Wildman–Crippen MR) is 77.6 cm³/mol. The van der Waals surface area contributed by atoms with Crippen molar-refractivity contribution < 1.29 is 9.53 Å². The molecule has 0 saturated carbocycles. The van der Waals surface area contributed by atoms with Crippen molar-refractivity contribution in [2.45, 2.75) is 39.7 Å². The van der Waals surface area contributed by atoms with E-state index in [0.717, 1.165) is 32.0 Å². The molecular formula is C14H24N4O2. The summed E-state index contributed by atoms with van der Waals surface area (Å²) in [6, 6.07) is 0. The van der Waals surface area contributed by atoms with Gasteiger partial charge < -0.3 is 19.9 Å². The van der Waals surface area contributed by atoms with Crippen LogP contribution in [0.15, 0.2) is 0 Å². The lowest BCUT2D eigenvalue weighted by molar-refractivity contribution is 0.0521. The number of anilines is 1. The highest BCUT2D eigenvalue weighted by Crippen LogP contribution is 2.16. The lowest BCUT2D eigenvalue weighted by Gasteiger charge is -2.26. The number of hydrogen-bond acceptors (Lipinski definition) is 5. The number of imidazole rings is 1. The van der Waals surface area contributed by atoms with Crippen LogP contribution in [0.2, 0.25) is 0 Å². The molecule has 1 fully saturated rings. The summed E-state index contributed by atoms with van der Waals surface area (Å²) >= 11 is 0. The lowest BCUT2D eigenvalue weighted by Crippen LogP contribution is -2.32. The molecule has 6 heteroatoms. The summed E-state index contributed by atoms with van der Waals surface area (Å²) in [5.74, 6) is 0.741. The van der Waals surface area contributed by atoms with E-state index in [1.54, 1.807) is 6.92 Å². The molecule has 0 amide bonds. The zero-order valence-electron chi connectivity index (χ0n) is 12.4. The van der Waals surface area contributed by atoms with Crippen molar-refractivity contribution in [3.63, 3.8) is 0 Å². The van der Waals surface area contributed by atoms with Gasteiger partial charge in [-0.3, -0.25) is 0 Å². The number of carbonyl (C=O) groups is 1. The molecule has 1 aliphatic rings. The van der Waals surface area contributed by atoms with Gasteiger partial charge in [0.1, 0.15) is 11.6 Å². The van der Waals surface area contributed by atoms with Crippen LogP contribution in [0.3, 0.4) is 0 Å². The number of aryl methyl sites for hydroxylation is 1. The van der Waals surface area contributed by atoms with Crippen molar-refractivity contribution in [1.82, 2.24) is 14.5 Å². The third-order valence-electron chi connectivity index (χ3n) is 3.75. The van der Waals surface area contributed by atoms with Gasteiger partial charge in [0.2, 0.25) is 0 Å². The Bertz CT molecular complexity index is 464. The maximum atomic E-state index is 11.7. The summed E-state index contributed by atoms with van der Waals surface area (Å²) in [6.07, 6.45) is 3.87. The van der Waals surface area contributed by atoms with Gasteiger partial charge >= 0.3 is 5.97 Å². The molecule has 2 N–H and O–H groups in total. The monoisotopic (exact) mass is 280 g/mol. The van der Waals surface area contributed by atoms with E-state index in [2.05, 4.69) is 9.88 Å². The second-order valence-corrected chi connectivity index (χ2v) is 5.17. The summed E-state index contributed by atoms with van der Waals surface area (Å²) in [5.41, 5.74) is 6.27. The van der Waals surface area contributed by atoms with E-state index in [1.165, 1.54) is 19.3 Å². The van der Waals surface area contributed by atoms with Crippen molar-refractivity contribution in [3.05, 3.63) is 11.5 Å². The smallest absolute Gasteiger partial charge is 0.360 e. The summed E-state index contributed by atoms with van der Waals surface area (Å²) in [5, 5.41) is 0. The van der Waals surface area contributed by atoms with Gasteiger partial charge in [-0.1, -0.05) is 6.42 Å².